The summed E-state index contributed by atoms with van der Waals surface area (Å²) in [5, 5.41) is 2.79. The Kier molecular flexibility index (Phi) is 11.2. The van der Waals surface area contributed by atoms with Gasteiger partial charge in [-0.3, -0.25) is 0 Å². The van der Waals surface area contributed by atoms with Crippen molar-refractivity contribution < 1.29 is 27.4 Å². The number of hydrogen-bond donors (Lipinski definition) is 0. The molecule has 494 valence electrons. The molecule has 105 heavy (non-hydrogen) atoms. The highest BCUT2D eigenvalue weighted by Crippen LogP contribution is 2.56. The van der Waals surface area contributed by atoms with Crippen molar-refractivity contribution >= 4 is 78.8 Å². The van der Waals surface area contributed by atoms with E-state index >= 15 is 0 Å². The molecule has 2 heterocycles. The lowest BCUT2D eigenvalue weighted by Gasteiger charge is -2.46. The molecule has 19 rings (SSSR count). The van der Waals surface area contributed by atoms with E-state index in [9.17, 15) is 13.7 Å². The molecule has 0 fully saturated rings. The molecule has 0 spiro atoms. The third-order valence-corrected chi connectivity index (χ3v) is 20.5. The van der Waals surface area contributed by atoms with Crippen molar-refractivity contribution in [1.29, 1.82) is 0 Å². The molecule has 0 atom stereocenters. The maximum atomic E-state index is 9.68. The Labute approximate surface area is 643 Å². The van der Waals surface area contributed by atoms with Crippen LogP contribution in [0.1, 0.15) is 53.7 Å². The number of anilines is 6. The minimum absolute atomic E-state index is 0.0182. The largest absolute Gasteiger partial charge is 0.310 e. The van der Waals surface area contributed by atoms with Crippen LogP contribution < -0.4 is 26.2 Å². The summed E-state index contributed by atoms with van der Waals surface area (Å²) in [6, 6.07) is 77.0. The van der Waals surface area contributed by atoms with Crippen molar-refractivity contribution in [2.45, 2.75) is 26.2 Å². The SMILES string of the molecule is [2H]c1c([2H])c([2H])c(-c2cc(-c3ccccc3)c(N3c4cc(-c5ccc6c(-c7c([2H])c([2H])c([2H])c([2H])c7[2H])c7ccccc7c(-c7ccccc7)c6c5)ccc4B4c5ccc(-c6c([2H])c([2H])c([2H])c([2H])c6[2H])cc5N(c5c(-c6ccccc6)cc(-c6c([2H])c([2H])c([2H])c([2H])c6[2H])cc5-c5ccccc5)c5cc(C(C)(C)C)cc3c54)c(-c3ccccc3)c2)c([2H])c1[2H]. The van der Waals surface area contributed by atoms with Crippen LogP contribution in [0.2, 0.25) is 0 Å². The van der Waals surface area contributed by atoms with Crippen molar-refractivity contribution in [2.75, 3.05) is 9.80 Å². The van der Waals surface area contributed by atoms with E-state index in [4.69, 9.17) is 13.7 Å². The summed E-state index contributed by atoms with van der Waals surface area (Å²) in [6.07, 6.45) is 0. The molecule has 0 saturated heterocycles. The van der Waals surface area contributed by atoms with E-state index in [-0.39, 0.29) is 34.3 Å². The zero-order chi connectivity index (χ0) is 87.5. The number of fused-ring (bicyclic) bond motifs is 6. The highest BCUT2D eigenvalue weighted by atomic mass is 15.2. The van der Waals surface area contributed by atoms with Gasteiger partial charge in [-0.15, -0.1) is 0 Å². The van der Waals surface area contributed by atoms with Crippen LogP contribution in [0.3, 0.4) is 0 Å². The molecule has 2 nitrogen and oxygen atoms in total. The first-order valence-electron chi connectivity index (χ1n) is 45.0. The van der Waals surface area contributed by atoms with Gasteiger partial charge in [0.2, 0.25) is 0 Å². The van der Waals surface area contributed by atoms with Gasteiger partial charge in [-0.05, 0) is 193 Å². The van der Waals surface area contributed by atoms with Gasteiger partial charge in [0.25, 0.3) is 6.71 Å². The Bertz CT molecular complexity index is 7220. The average molecular weight is 1360 g/mol. The first kappa shape index (κ1) is 45.0. The van der Waals surface area contributed by atoms with E-state index in [1.165, 1.54) is 0 Å². The highest BCUT2D eigenvalue weighted by molar-refractivity contribution is 7.00. The fourth-order valence-corrected chi connectivity index (χ4v) is 15.7. The summed E-state index contributed by atoms with van der Waals surface area (Å²) < 4.78 is 185. The lowest BCUT2D eigenvalue weighted by molar-refractivity contribution is 0.590. The maximum absolute atomic E-state index is 9.68. The molecule has 0 aromatic heterocycles. The second-order valence-corrected chi connectivity index (χ2v) is 27.6. The average Bonchev–Trinajstić information content (AvgIpc) is 0.679. The van der Waals surface area contributed by atoms with Crippen LogP contribution in [0.15, 0.2) is 388 Å². The zero-order valence-corrected chi connectivity index (χ0v) is 57.4. The quantitative estimate of drug-likeness (QED) is 0.0888. The smallest absolute Gasteiger partial charge is 0.252 e. The van der Waals surface area contributed by atoms with Crippen molar-refractivity contribution in [3.8, 4) is 111 Å². The number of nitrogens with zero attached hydrogens (tertiary/aromatic N) is 2. The summed E-state index contributed by atoms with van der Waals surface area (Å²) in [5.41, 5.74) is 15.6. The van der Waals surface area contributed by atoms with Gasteiger partial charge in [0, 0.05) is 45.0 Å². The molecule has 0 bridgehead atoms. The standard InChI is InChI=1S/C102H73BN2/c1-102(2,3)82-66-95-99-96(67-82)105(101-88(73-43-23-9-24-44-73)62-81(70-37-17-6-18-38-70)63-89(101)74-45-25-10-26-46-74)94-65-79(77-53-56-85-90(59-77)98(76-49-29-12-30-50-76)84-52-32-31-51-83(84)97(85)75-47-27-11-28-48-75)55-58-92(94)103(99)91-57-54-78(68-33-13-4-14-34-68)64-93(91)104(95)100-86(71-39-19-7-20-40-71)60-80(69-35-15-5-16-36-69)61-87(100)72-41-21-8-22-42-72/h4-67H,1-3H3/i4D,5D,6D,11D,13D,14D,15D,16D,17D,18D,27D,28D,33D,34D,35D,36D,37D,38D,47D,48D. The minimum atomic E-state index is -0.765. The predicted molar refractivity (Wildman–Crippen MR) is 449 cm³/mol. The van der Waals surface area contributed by atoms with Gasteiger partial charge in [-0.1, -0.05) is 354 Å². The topological polar surface area (TPSA) is 6.48 Å². The van der Waals surface area contributed by atoms with Gasteiger partial charge >= 0.3 is 0 Å². The fourth-order valence-electron chi connectivity index (χ4n) is 15.7. The van der Waals surface area contributed by atoms with Crippen LogP contribution in [0.4, 0.5) is 34.1 Å². The summed E-state index contributed by atoms with van der Waals surface area (Å²) >= 11 is 0. The minimum Gasteiger partial charge on any atom is -0.310 e. The van der Waals surface area contributed by atoms with E-state index in [0.717, 1.165) is 49.5 Å². The molecule has 2 aliphatic heterocycles. The van der Waals surface area contributed by atoms with E-state index in [2.05, 4.69) is 67.0 Å². The molecule has 17 aromatic rings. The van der Waals surface area contributed by atoms with Gasteiger partial charge in [0.15, 0.2) is 0 Å². The monoisotopic (exact) mass is 1360 g/mol. The second kappa shape index (κ2) is 26.1. The van der Waals surface area contributed by atoms with Gasteiger partial charge in [0.05, 0.1) is 38.8 Å². The normalized spacial score (nSPS) is 14.9. The third-order valence-electron chi connectivity index (χ3n) is 20.5. The van der Waals surface area contributed by atoms with Crippen LogP contribution in [0.5, 0.6) is 0 Å². The molecular formula is C102H73BN2. The molecule has 0 N–H and O–H groups in total. The molecular weight excluding hydrogens is 1260 g/mol. The molecule has 17 aromatic carbocycles. The molecule has 0 radical (unpaired) electrons. The van der Waals surface area contributed by atoms with Crippen LogP contribution in [-0.4, -0.2) is 6.71 Å². The van der Waals surface area contributed by atoms with Crippen LogP contribution in [-0.2, 0) is 5.41 Å². The van der Waals surface area contributed by atoms with Crippen LogP contribution >= 0.6 is 0 Å². The van der Waals surface area contributed by atoms with Gasteiger partial charge in [-0.25, -0.2) is 0 Å². The van der Waals surface area contributed by atoms with E-state index < -0.39 is 121 Å². The van der Waals surface area contributed by atoms with Crippen LogP contribution in [0.25, 0.3) is 133 Å². The lowest BCUT2D eigenvalue weighted by Crippen LogP contribution is -2.61. The highest BCUT2D eigenvalue weighted by Gasteiger charge is 2.46. The second-order valence-electron chi connectivity index (χ2n) is 27.6. The summed E-state index contributed by atoms with van der Waals surface area (Å²) in [5.74, 6) is 0. The molecule has 0 aliphatic carbocycles. The molecule has 2 aliphatic rings. The van der Waals surface area contributed by atoms with E-state index in [1.807, 2.05) is 224 Å². The molecule has 0 saturated carbocycles. The van der Waals surface area contributed by atoms with Crippen molar-refractivity contribution in [2.24, 2.45) is 0 Å². The first-order chi connectivity index (χ1) is 60.0. The number of rotatable bonds is 12. The van der Waals surface area contributed by atoms with Crippen molar-refractivity contribution in [1.82, 2.24) is 0 Å². The maximum Gasteiger partial charge on any atom is 0.252 e. The summed E-state index contributed by atoms with van der Waals surface area (Å²) in [6.45, 7) is 5.62. The molecule has 0 amide bonds. The number of hydrogen-bond acceptors (Lipinski definition) is 2. The van der Waals surface area contributed by atoms with Crippen LogP contribution in [0, 0.1) is 0 Å². The van der Waals surface area contributed by atoms with Gasteiger partial charge < -0.3 is 9.80 Å². The summed E-state index contributed by atoms with van der Waals surface area (Å²) in [7, 11) is 0. The Balaban J connectivity index is 1.000. The number of benzene rings is 17. The zero-order valence-electron chi connectivity index (χ0n) is 77.4. The molecule has 0 unspecified atom stereocenters. The summed E-state index contributed by atoms with van der Waals surface area (Å²) in [4.78, 5) is 4.48. The Morgan fingerprint density at radius 2 is 0.562 bits per heavy atom. The van der Waals surface area contributed by atoms with E-state index in [0.29, 0.717) is 117 Å². The molecule has 3 heteroatoms. The van der Waals surface area contributed by atoms with Crippen molar-refractivity contribution in [3.05, 3.63) is 393 Å². The fraction of sp³-hybridized carbons (Fsp3) is 0.0392. The van der Waals surface area contributed by atoms with Crippen molar-refractivity contribution in [3.63, 3.8) is 0 Å². The third kappa shape index (κ3) is 11.1. The Morgan fingerprint density at radius 3 is 0.952 bits per heavy atom. The van der Waals surface area contributed by atoms with E-state index in [1.54, 1.807) is 6.07 Å². The Hall–Kier alpha value is -13.1. The first-order valence-corrected chi connectivity index (χ1v) is 35.0. The lowest BCUT2D eigenvalue weighted by atomic mass is 9.33. The predicted octanol–water partition coefficient (Wildman–Crippen LogP) is 26.0. The van der Waals surface area contributed by atoms with Gasteiger partial charge in [-0.2, -0.15) is 0 Å². The Morgan fingerprint density at radius 1 is 0.248 bits per heavy atom. The van der Waals surface area contributed by atoms with Gasteiger partial charge in [0.1, 0.15) is 0 Å².